The summed E-state index contributed by atoms with van der Waals surface area (Å²) in [5, 5.41) is 3.30. The number of hydrogen-bond acceptors (Lipinski definition) is 5. The molecule has 0 aliphatic carbocycles. The zero-order valence-electron chi connectivity index (χ0n) is 24.3. The van der Waals surface area contributed by atoms with E-state index in [1.54, 1.807) is 21.9 Å². The first-order valence-electron chi connectivity index (χ1n) is 14.4. The number of carbonyl (C=O) groups is 3. The van der Waals surface area contributed by atoms with Crippen molar-refractivity contribution >= 4 is 30.3 Å². The van der Waals surface area contributed by atoms with Gasteiger partial charge in [0.25, 0.3) is 11.8 Å². The highest BCUT2D eigenvalue weighted by Gasteiger charge is 2.37. The number of carbonyl (C=O) groups excluding carboxylic acids is 3. The lowest BCUT2D eigenvalue weighted by molar-refractivity contribution is 0.0106. The van der Waals surface area contributed by atoms with Gasteiger partial charge in [-0.25, -0.2) is 13.6 Å². The molecule has 2 fully saturated rings. The predicted molar refractivity (Wildman–Crippen MR) is 157 cm³/mol. The minimum atomic E-state index is -0.540. The van der Waals surface area contributed by atoms with Crippen LogP contribution in [0.5, 0.6) is 0 Å². The van der Waals surface area contributed by atoms with Gasteiger partial charge in [0, 0.05) is 49.9 Å². The van der Waals surface area contributed by atoms with Crippen LogP contribution in [0.25, 0.3) is 0 Å². The van der Waals surface area contributed by atoms with Gasteiger partial charge in [0.15, 0.2) is 0 Å². The number of halogens is 3. The molecule has 11 heteroatoms. The van der Waals surface area contributed by atoms with Crippen LogP contribution in [0.4, 0.5) is 13.6 Å². The van der Waals surface area contributed by atoms with Crippen molar-refractivity contribution in [2.75, 3.05) is 26.2 Å². The molecule has 0 aromatic heterocycles. The second kappa shape index (κ2) is 13.0. The molecular weight excluding hydrogens is 566 g/mol. The normalized spacial score (nSPS) is 21.7. The lowest BCUT2D eigenvalue weighted by atomic mass is 10.0. The molecule has 2 saturated heterocycles. The molecule has 42 heavy (non-hydrogen) atoms. The fraction of sp³-hybridized carbons (Fsp3) is 0.516. The fourth-order valence-corrected chi connectivity index (χ4v) is 5.98. The molecule has 1 N–H and O–H groups in total. The highest BCUT2D eigenvalue weighted by Crippen LogP contribution is 2.29. The second-order valence-corrected chi connectivity index (χ2v) is 12.2. The van der Waals surface area contributed by atoms with Crippen molar-refractivity contribution in [1.29, 1.82) is 0 Å². The van der Waals surface area contributed by atoms with Crippen molar-refractivity contribution in [1.82, 2.24) is 20.0 Å². The lowest BCUT2D eigenvalue weighted by Crippen LogP contribution is -2.50. The summed E-state index contributed by atoms with van der Waals surface area (Å²) in [6, 6.07) is 9.04. The summed E-state index contributed by atoms with van der Waals surface area (Å²) < 4.78 is 31.9. The Hall–Kier alpha value is -3.24. The third-order valence-corrected chi connectivity index (χ3v) is 8.01. The Morgan fingerprint density at radius 3 is 1.95 bits per heavy atom. The van der Waals surface area contributed by atoms with E-state index >= 15 is 0 Å². The Labute approximate surface area is 251 Å². The van der Waals surface area contributed by atoms with E-state index in [0.717, 1.165) is 49.9 Å². The van der Waals surface area contributed by atoms with Crippen LogP contribution in [-0.4, -0.2) is 76.5 Å². The Kier molecular flexibility index (Phi) is 9.77. The van der Waals surface area contributed by atoms with Gasteiger partial charge in [-0.15, -0.1) is 12.4 Å². The number of fused-ring (bicyclic) bond motifs is 2. The monoisotopic (exact) mass is 604 g/mol. The molecule has 0 bridgehead atoms. The first-order chi connectivity index (χ1) is 19.5. The largest absolute Gasteiger partial charge is 0.444 e. The molecule has 3 amide bonds. The van der Waals surface area contributed by atoms with Gasteiger partial charge in [-0.05, 0) is 88.4 Å². The van der Waals surface area contributed by atoms with Gasteiger partial charge in [0.2, 0.25) is 0 Å². The minimum Gasteiger partial charge on any atom is -0.444 e. The summed E-state index contributed by atoms with van der Waals surface area (Å²) in [5.74, 6) is -0.905. The lowest BCUT2D eigenvalue weighted by Gasteiger charge is -2.38. The summed E-state index contributed by atoms with van der Waals surface area (Å²) in [5.41, 5.74) is 2.22. The summed E-state index contributed by atoms with van der Waals surface area (Å²) >= 11 is 0. The highest BCUT2D eigenvalue weighted by atomic mass is 35.5. The zero-order valence-corrected chi connectivity index (χ0v) is 25.1. The predicted octanol–water partition coefficient (Wildman–Crippen LogP) is 5.14. The van der Waals surface area contributed by atoms with Gasteiger partial charge >= 0.3 is 6.09 Å². The van der Waals surface area contributed by atoms with Gasteiger partial charge in [-0.1, -0.05) is 12.1 Å². The average Bonchev–Trinajstić information content (AvgIpc) is 3.45. The van der Waals surface area contributed by atoms with Crippen LogP contribution in [0.1, 0.15) is 78.3 Å². The molecule has 2 aromatic carbocycles. The molecule has 2 atom stereocenters. The van der Waals surface area contributed by atoms with Crippen molar-refractivity contribution in [3.8, 4) is 0 Å². The van der Waals surface area contributed by atoms with E-state index in [9.17, 15) is 23.2 Å². The number of hydrogen-bond donors (Lipinski definition) is 1. The number of benzene rings is 2. The number of ether oxygens (including phenoxy) is 1. The third kappa shape index (κ3) is 7.03. The molecule has 0 saturated carbocycles. The first-order valence-corrected chi connectivity index (χ1v) is 14.4. The summed E-state index contributed by atoms with van der Waals surface area (Å²) in [7, 11) is 0. The standard InChI is InChI=1S/C18H23FN2O3.C13H15FN2O.ClH/c1-18(2,3)24-17(23)20-8-4-5-14(11-20)21-10-12-6-7-13(19)9-15(12)16(21)22;14-10-4-3-9-8-16(13(17)12(9)6-10)11-2-1-5-15-7-11;/h6-7,9,14H,4-5,8,10-11H2,1-3H3;3-4,6,11,15H,1-2,5,7-8H2;1H/t14-;11-;/m11./s1. The SMILES string of the molecule is CC(C)(C)OC(=O)N1CCC[C@@H](N2Cc3ccc(F)cc3C2=O)C1.Cl.O=C1c2cc(F)ccc2CN1[C@@H]1CCCNC1. The van der Waals surface area contributed by atoms with E-state index in [1.165, 1.54) is 24.3 Å². The van der Waals surface area contributed by atoms with Crippen molar-refractivity contribution < 1.29 is 27.9 Å². The maximum absolute atomic E-state index is 13.4. The number of nitrogens with one attached hydrogen (secondary N) is 1. The van der Waals surface area contributed by atoms with Crippen LogP contribution in [0.2, 0.25) is 0 Å². The van der Waals surface area contributed by atoms with Gasteiger partial charge in [-0.3, -0.25) is 9.59 Å². The summed E-state index contributed by atoms with van der Waals surface area (Å²) in [6.45, 7) is 9.57. The summed E-state index contributed by atoms with van der Waals surface area (Å²) in [4.78, 5) is 42.3. The topological polar surface area (TPSA) is 82.2 Å². The van der Waals surface area contributed by atoms with Gasteiger partial charge in [0.1, 0.15) is 17.2 Å². The van der Waals surface area contributed by atoms with Crippen molar-refractivity contribution in [2.24, 2.45) is 0 Å². The van der Waals surface area contributed by atoms with Crippen molar-refractivity contribution in [3.63, 3.8) is 0 Å². The fourth-order valence-electron chi connectivity index (χ4n) is 5.98. The molecule has 6 rings (SSSR count). The van der Waals surface area contributed by atoms with E-state index in [1.807, 2.05) is 25.7 Å². The number of amides is 3. The summed E-state index contributed by atoms with van der Waals surface area (Å²) in [6.07, 6.45) is 3.44. The number of piperidine rings is 2. The van der Waals surface area contributed by atoms with Crippen LogP contribution >= 0.6 is 12.4 Å². The van der Waals surface area contributed by atoms with Crippen LogP contribution in [0, 0.1) is 11.6 Å². The number of likely N-dealkylation sites (tertiary alicyclic amines) is 1. The molecule has 4 heterocycles. The third-order valence-electron chi connectivity index (χ3n) is 8.01. The smallest absolute Gasteiger partial charge is 0.410 e. The molecule has 228 valence electrons. The average molecular weight is 605 g/mol. The molecule has 8 nitrogen and oxygen atoms in total. The van der Waals surface area contributed by atoms with E-state index in [4.69, 9.17) is 4.74 Å². The quantitative estimate of drug-likeness (QED) is 0.514. The molecule has 4 aliphatic rings. The van der Waals surface area contributed by atoms with Crippen molar-refractivity contribution in [2.45, 2.75) is 77.2 Å². The molecule has 0 radical (unpaired) electrons. The first kappa shape index (κ1) is 31.7. The number of rotatable bonds is 2. The Bertz CT molecular complexity index is 1330. The molecule has 4 aliphatic heterocycles. The van der Waals surface area contributed by atoms with Crippen LogP contribution in [0.15, 0.2) is 36.4 Å². The van der Waals surface area contributed by atoms with Gasteiger partial charge < -0.3 is 24.8 Å². The van der Waals surface area contributed by atoms with Crippen LogP contribution in [0.3, 0.4) is 0 Å². The molecule has 2 aromatic rings. The van der Waals surface area contributed by atoms with E-state index in [0.29, 0.717) is 37.3 Å². The Morgan fingerprint density at radius 2 is 1.43 bits per heavy atom. The van der Waals surface area contributed by atoms with Crippen LogP contribution < -0.4 is 5.32 Å². The highest BCUT2D eigenvalue weighted by molar-refractivity contribution is 5.99. The molecular formula is C31H39ClF2N4O4. The number of nitrogens with zero attached hydrogens (tertiary/aromatic N) is 3. The van der Waals surface area contributed by atoms with Crippen LogP contribution in [-0.2, 0) is 17.8 Å². The molecule has 0 spiro atoms. The van der Waals surface area contributed by atoms with Gasteiger partial charge in [0.05, 0.1) is 6.04 Å². The van der Waals surface area contributed by atoms with Crippen molar-refractivity contribution in [3.05, 3.63) is 70.3 Å². The maximum Gasteiger partial charge on any atom is 0.410 e. The Balaban J connectivity index is 0.000000198. The van der Waals surface area contributed by atoms with Gasteiger partial charge in [-0.2, -0.15) is 0 Å². The zero-order chi connectivity index (χ0) is 29.3. The molecule has 0 unspecified atom stereocenters. The Morgan fingerprint density at radius 1 is 0.881 bits per heavy atom. The maximum atomic E-state index is 13.4. The van der Waals surface area contributed by atoms with E-state index in [2.05, 4.69) is 5.32 Å². The van der Waals surface area contributed by atoms with E-state index < -0.39 is 11.4 Å². The second-order valence-electron chi connectivity index (χ2n) is 12.2. The van der Waals surface area contributed by atoms with E-state index in [-0.39, 0.29) is 48.2 Å². The minimum absolute atomic E-state index is 0.